The fourth-order valence-corrected chi connectivity index (χ4v) is 1.64. The van der Waals surface area contributed by atoms with E-state index >= 15 is 0 Å². The molecule has 20 heavy (non-hydrogen) atoms. The summed E-state index contributed by atoms with van der Waals surface area (Å²) < 4.78 is 11.1. The number of nitrogens with one attached hydrogen (secondary N) is 1. The number of ether oxygens (including phenoxy) is 2. The minimum atomic E-state index is 0.660. The Hall–Kier alpha value is -1.46. The molecule has 0 heterocycles. The maximum absolute atomic E-state index is 6.07. The Labute approximate surface area is 122 Å². The lowest BCUT2D eigenvalue weighted by Crippen LogP contribution is -2.20. The first-order valence-electron chi connectivity index (χ1n) is 7.12. The summed E-state index contributed by atoms with van der Waals surface area (Å²) in [5, 5.41) is 3.27. The van der Waals surface area contributed by atoms with Crippen LogP contribution in [0.3, 0.4) is 0 Å². The molecule has 0 amide bonds. The molecule has 5 heteroatoms. The van der Waals surface area contributed by atoms with Gasteiger partial charge in [0, 0.05) is 13.1 Å². The van der Waals surface area contributed by atoms with Crippen LogP contribution in [0.15, 0.2) is 18.2 Å². The van der Waals surface area contributed by atoms with Crippen LogP contribution in [0.5, 0.6) is 5.75 Å². The summed E-state index contributed by atoms with van der Waals surface area (Å²) in [6.07, 6.45) is 0.969. The van der Waals surface area contributed by atoms with E-state index in [4.69, 9.17) is 15.2 Å². The second kappa shape index (κ2) is 9.44. The lowest BCUT2D eigenvalue weighted by Gasteiger charge is -2.14. The van der Waals surface area contributed by atoms with Crippen molar-refractivity contribution >= 4 is 11.4 Å². The molecule has 0 fully saturated rings. The van der Waals surface area contributed by atoms with E-state index in [-0.39, 0.29) is 0 Å². The van der Waals surface area contributed by atoms with Gasteiger partial charge in [0.1, 0.15) is 5.75 Å². The van der Waals surface area contributed by atoms with Gasteiger partial charge in [-0.05, 0) is 32.6 Å². The highest BCUT2D eigenvalue weighted by atomic mass is 16.5. The number of nitrogen functional groups attached to an aromatic ring is 1. The molecule has 0 atom stereocenters. The summed E-state index contributed by atoms with van der Waals surface area (Å²) in [6.45, 7) is 5.82. The van der Waals surface area contributed by atoms with Crippen LogP contribution < -0.4 is 15.8 Å². The molecule has 1 aromatic rings. The molecular weight excluding hydrogens is 254 g/mol. The van der Waals surface area contributed by atoms with E-state index in [1.54, 1.807) is 0 Å². The molecule has 1 rings (SSSR count). The van der Waals surface area contributed by atoms with Crippen LogP contribution >= 0.6 is 0 Å². The van der Waals surface area contributed by atoms with Crippen molar-refractivity contribution in [2.45, 2.75) is 13.3 Å². The van der Waals surface area contributed by atoms with Gasteiger partial charge in [0.2, 0.25) is 0 Å². The number of likely N-dealkylation sites (N-methyl/N-ethyl adjacent to an activating group) is 1. The van der Waals surface area contributed by atoms with Crippen molar-refractivity contribution < 1.29 is 9.47 Å². The van der Waals surface area contributed by atoms with Crippen molar-refractivity contribution in [1.29, 1.82) is 0 Å². The highest BCUT2D eigenvalue weighted by molar-refractivity contribution is 5.72. The number of nitrogens with zero attached hydrogens (tertiary/aromatic N) is 1. The summed E-state index contributed by atoms with van der Waals surface area (Å²) in [7, 11) is 4.06. The van der Waals surface area contributed by atoms with Crippen LogP contribution in [0.25, 0.3) is 0 Å². The van der Waals surface area contributed by atoms with Gasteiger partial charge in [0.15, 0.2) is 0 Å². The predicted octanol–water partition coefficient (Wildman–Crippen LogP) is 2.05. The van der Waals surface area contributed by atoms with Crippen LogP contribution in [0.4, 0.5) is 11.4 Å². The molecule has 0 aliphatic heterocycles. The standard InChI is InChI=1S/C15H27N3O2/c1-4-10-20-14-7-5-6-13(15(14)16)17-8-11-19-12-9-18(2)3/h5-7,17H,4,8-12,16H2,1-3H3. The van der Waals surface area contributed by atoms with Crippen molar-refractivity contribution in [3.05, 3.63) is 18.2 Å². The van der Waals surface area contributed by atoms with Gasteiger partial charge in [-0.2, -0.15) is 0 Å². The van der Waals surface area contributed by atoms with E-state index < -0.39 is 0 Å². The molecule has 5 nitrogen and oxygen atoms in total. The zero-order valence-corrected chi connectivity index (χ0v) is 12.8. The minimum absolute atomic E-state index is 0.660. The lowest BCUT2D eigenvalue weighted by molar-refractivity contribution is 0.126. The van der Waals surface area contributed by atoms with Crippen molar-refractivity contribution in [1.82, 2.24) is 4.90 Å². The Bertz CT molecular complexity index is 383. The van der Waals surface area contributed by atoms with Crippen molar-refractivity contribution in [2.75, 3.05) is 58.1 Å². The molecule has 0 unspecified atom stereocenters. The van der Waals surface area contributed by atoms with E-state index in [2.05, 4.69) is 17.1 Å². The van der Waals surface area contributed by atoms with Crippen LogP contribution in [-0.2, 0) is 4.74 Å². The third kappa shape index (κ3) is 6.12. The van der Waals surface area contributed by atoms with E-state index in [9.17, 15) is 0 Å². The third-order valence-corrected chi connectivity index (χ3v) is 2.77. The third-order valence-electron chi connectivity index (χ3n) is 2.77. The highest BCUT2D eigenvalue weighted by Crippen LogP contribution is 2.29. The smallest absolute Gasteiger partial charge is 0.144 e. The number of benzene rings is 1. The molecule has 0 radical (unpaired) electrons. The second-order valence-electron chi connectivity index (χ2n) is 4.91. The number of para-hydroxylation sites is 1. The summed E-state index contributed by atoms with van der Waals surface area (Å²) >= 11 is 0. The van der Waals surface area contributed by atoms with Gasteiger partial charge >= 0.3 is 0 Å². The predicted molar refractivity (Wildman–Crippen MR) is 84.5 cm³/mol. The van der Waals surface area contributed by atoms with Gasteiger partial charge in [-0.3, -0.25) is 0 Å². The maximum Gasteiger partial charge on any atom is 0.144 e. The van der Waals surface area contributed by atoms with Crippen LogP contribution in [0.1, 0.15) is 13.3 Å². The molecule has 0 saturated carbocycles. The zero-order chi connectivity index (χ0) is 14.8. The molecule has 0 aliphatic rings. The monoisotopic (exact) mass is 281 g/mol. The first-order valence-corrected chi connectivity index (χ1v) is 7.12. The average molecular weight is 281 g/mol. The van der Waals surface area contributed by atoms with Gasteiger partial charge in [-0.25, -0.2) is 0 Å². The van der Waals surface area contributed by atoms with E-state index in [1.807, 2.05) is 32.3 Å². The number of anilines is 2. The molecular formula is C15H27N3O2. The van der Waals surface area contributed by atoms with Crippen LogP contribution in [0.2, 0.25) is 0 Å². The SMILES string of the molecule is CCCOc1cccc(NCCOCCN(C)C)c1N. The van der Waals surface area contributed by atoms with Crippen molar-refractivity contribution in [2.24, 2.45) is 0 Å². The largest absolute Gasteiger partial charge is 0.491 e. The Morgan fingerprint density at radius 3 is 2.70 bits per heavy atom. The Morgan fingerprint density at radius 2 is 2.00 bits per heavy atom. The van der Waals surface area contributed by atoms with Gasteiger partial charge in [-0.15, -0.1) is 0 Å². The van der Waals surface area contributed by atoms with Gasteiger partial charge in [0.05, 0.1) is 31.2 Å². The summed E-state index contributed by atoms with van der Waals surface area (Å²) in [6, 6.07) is 5.79. The molecule has 0 spiro atoms. The first kappa shape index (κ1) is 16.6. The Morgan fingerprint density at radius 1 is 1.20 bits per heavy atom. The summed E-state index contributed by atoms with van der Waals surface area (Å²) in [5.74, 6) is 0.741. The molecule has 0 aromatic heterocycles. The van der Waals surface area contributed by atoms with Crippen LogP contribution in [-0.4, -0.2) is 51.9 Å². The molecule has 0 saturated heterocycles. The van der Waals surface area contributed by atoms with Gasteiger partial charge < -0.3 is 25.4 Å². The quantitative estimate of drug-likeness (QED) is 0.508. The summed E-state index contributed by atoms with van der Waals surface area (Å²) in [4.78, 5) is 2.10. The average Bonchev–Trinajstić information content (AvgIpc) is 2.42. The number of rotatable bonds is 10. The van der Waals surface area contributed by atoms with Gasteiger partial charge in [0.25, 0.3) is 0 Å². The van der Waals surface area contributed by atoms with Crippen molar-refractivity contribution in [3.8, 4) is 5.75 Å². The zero-order valence-electron chi connectivity index (χ0n) is 12.8. The molecule has 0 bridgehead atoms. The maximum atomic E-state index is 6.07. The van der Waals surface area contributed by atoms with E-state index in [0.29, 0.717) is 18.9 Å². The van der Waals surface area contributed by atoms with E-state index in [0.717, 1.165) is 37.6 Å². The highest BCUT2D eigenvalue weighted by Gasteiger charge is 2.05. The topological polar surface area (TPSA) is 59.8 Å². The first-order chi connectivity index (χ1) is 9.65. The fourth-order valence-electron chi connectivity index (χ4n) is 1.64. The van der Waals surface area contributed by atoms with Crippen molar-refractivity contribution in [3.63, 3.8) is 0 Å². The lowest BCUT2D eigenvalue weighted by atomic mass is 10.2. The fraction of sp³-hybridized carbons (Fsp3) is 0.600. The Kier molecular flexibility index (Phi) is 7.84. The Balaban J connectivity index is 2.32. The number of hydrogen-bond acceptors (Lipinski definition) is 5. The molecule has 1 aromatic carbocycles. The molecule has 3 N–H and O–H groups in total. The number of nitrogens with two attached hydrogens (primary N) is 1. The van der Waals surface area contributed by atoms with E-state index in [1.165, 1.54) is 0 Å². The normalized spacial score (nSPS) is 10.8. The number of hydrogen-bond donors (Lipinski definition) is 2. The van der Waals surface area contributed by atoms with Crippen LogP contribution in [0, 0.1) is 0 Å². The minimum Gasteiger partial charge on any atom is -0.491 e. The second-order valence-corrected chi connectivity index (χ2v) is 4.91. The van der Waals surface area contributed by atoms with Gasteiger partial charge in [-0.1, -0.05) is 13.0 Å². The summed E-state index contributed by atoms with van der Waals surface area (Å²) in [5.41, 5.74) is 7.63. The molecule has 0 aliphatic carbocycles. The molecule has 114 valence electrons.